The lowest BCUT2D eigenvalue weighted by atomic mass is 10.1. The Balaban J connectivity index is 3.94. The zero-order chi connectivity index (χ0) is 10.4. The van der Waals surface area contributed by atoms with Crippen molar-refractivity contribution in [2.45, 2.75) is 32.2 Å². The highest BCUT2D eigenvalue weighted by molar-refractivity contribution is 5.81. The van der Waals surface area contributed by atoms with E-state index in [4.69, 9.17) is 5.73 Å². The van der Waals surface area contributed by atoms with E-state index in [1.54, 1.807) is 0 Å². The monoisotopic (exact) mass is 194 g/mol. The predicted octanol–water partition coefficient (Wildman–Crippen LogP) is 0.837. The summed E-state index contributed by atoms with van der Waals surface area (Å²) in [5, 5.41) is 0. The highest BCUT2D eigenvalue weighted by atomic mass is 19.3. The number of hydrogen-bond donors (Lipinski definition) is 1. The topological polar surface area (TPSA) is 46.3 Å². The molecule has 0 aromatic rings. The second-order valence-corrected chi connectivity index (χ2v) is 3.01. The van der Waals surface area contributed by atoms with Crippen molar-refractivity contribution in [3.63, 3.8) is 0 Å². The highest BCUT2D eigenvalue weighted by Crippen LogP contribution is 2.01. The molecule has 0 spiro atoms. The Morgan fingerprint density at radius 3 is 2.46 bits per heavy atom. The van der Waals surface area contributed by atoms with Crippen molar-refractivity contribution < 1.29 is 13.6 Å². The molecule has 5 heteroatoms. The van der Waals surface area contributed by atoms with Gasteiger partial charge in [-0.1, -0.05) is 13.3 Å². The van der Waals surface area contributed by atoms with Crippen LogP contribution in [0.1, 0.15) is 19.8 Å². The van der Waals surface area contributed by atoms with E-state index in [2.05, 4.69) is 0 Å². The molecule has 78 valence electrons. The van der Waals surface area contributed by atoms with Gasteiger partial charge in [-0.25, -0.2) is 8.78 Å². The second-order valence-electron chi connectivity index (χ2n) is 3.01. The molecule has 0 aliphatic rings. The first-order valence-electron chi connectivity index (χ1n) is 4.27. The van der Waals surface area contributed by atoms with Crippen LogP contribution in [0.5, 0.6) is 0 Å². The normalized spacial score (nSPS) is 13.1. The molecule has 0 aromatic heterocycles. The smallest absolute Gasteiger partial charge is 0.255 e. The van der Waals surface area contributed by atoms with Gasteiger partial charge in [-0.05, 0) is 6.42 Å². The van der Waals surface area contributed by atoms with Gasteiger partial charge >= 0.3 is 0 Å². The van der Waals surface area contributed by atoms with Crippen LogP contribution in [0.25, 0.3) is 0 Å². The SMILES string of the molecule is CCC[C@H](N)C(=O)N(C)CC(F)F. The van der Waals surface area contributed by atoms with Crippen LogP contribution >= 0.6 is 0 Å². The number of halogens is 2. The van der Waals surface area contributed by atoms with Crippen molar-refractivity contribution in [3.05, 3.63) is 0 Å². The molecule has 0 unspecified atom stereocenters. The molecule has 0 rings (SSSR count). The third-order valence-electron chi connectivity index (χ3n) is 1.70. The minimum Gasteiger partial charge on any atom is -0.339 e. The van der Waals surface area contributed by atoms with Crippen LogP contribution in [0.2, 0.25) is 0 Å². The summed E-state index contributed by atoms with van der Waals surface area (Å²) in [7, 11) is 1.34. The largest absolute Gasteiger partial charge is 0.339 e. The van der Waals surface area contributed by atoms with Crippen LogP contribution in [0.3, 0.4) is 0 Å². The lowest BCUT2D eigenvalue weighted by molar-refractivity contribution is -0.133. The number of amides is 1. The van der Waals surface area contributed by atoms with Crippen molar-refractivity contribution >= 4 is 5.91 Å². The molecular weight excluding hydrogens is 178 g/mol. The van der Waals surface area contributed by atoms with Gasteiger partial charge in [0.2, 0.25) is 5.91 Å². The van der Waals surface area contributed by atoms with Crippen molar-refractivity contribution in [3.8, 4) is 0 Å². The quantitative estimate of drug-likeness (QED) is 0.704. The number of nitrogens with zero attached hydrogens (tertiary/aromatic N) is 1. The van der Waals surface area contributed by atoms with Gasteiger partial charge in [0.1, 0.15) is 0 Å². The first-order valence-corrected chi connectivity index (χ1v) is 4.27. The average molecular weight is 194 g/mol. The minimum atomic E-state index is -2.50. The number of rotatable bonds is 5. The second kappa shape index (κ2) is 5.85. The van der Waals surface area contributed by atoms with E-state index in [0.29, 0.717) is 6.42 Å². The minimum absolute atomic E-state index is 0.415. The highest BCUT2D eigenvalue weighted by Gasteiger charge is 2.19. The maximum Gasteiger partial charge on any atom is 0.255 e. The molecule has 0 saturated heterocycles. The van der Waals surface area contributed by atoms with Gasteiger partial charge in [-0.2, -0.15) is 0 Å². The van der Waals surface area contributed by atoms with Crippen LogP contribution in [-0.2, 0) is 4.79 Å². The third-order valence-corrected chi connectivity index (χ3v) is 1.70. The fourth-order valence-electron chi connectivity index (χ4n) is 1.01. The molecule has 0 fully saturated rings. The van der Waals surface area contributed by atoms with Crippen LogP contribution < -0.4 is 5.73 Å². The van der Waals surface area contributed by atoms with E-state index < -0.39 is 24.9 Å². The Hall–Kier alpha value is -0.710. The van der Waals surface area contributed by atoms with Gasteiger partial charge in [-0.15, -0.1) is 0 Å². The number of carbonyl (C=O) groups excluding carboxylic acids is 1. The first-order chi connectivity index (χ1) is 5.99. The number of alkyl halides is 2. The summed E-state index contributed by atoms with van der Waals surface area (Å²) in [5.41, 5.74) is 5.47. The van der Waals surface area contributed by atoms with Crippen LogP contribution in [0, 0.1) is 0 Å². The fourth-order valence-corrected chi connectivity index (χ4v) is 1.01. The number of nitrogens with two attached hydrogens (primary N) is 1. The molecule has 0 bridgehead atoms. The summed E-state index contributed by atoms with van der Waals surface area (Å²) in [6.07, 6.45) is -1.19. The van der Waals surface area contributed by atoms with Gasteiger partial charge in [0, 0.05) is 7.05 Å². The van der Waals surface area contributed by atoms with Crippen molar-refractivity contribution in [1.29, 1.82) is 0 Å². The van der Waals surface area contributed by atoms with Gasteiger partial charge in [-0.3, -0.25) is 4.79 Å². The number of likely N-dealkylation sites (N-methyl/N-ethyl adjacent to an activating group) is 1. The maximum absolute atomic E-state index is 11.9. The predicted molar refractivity (Wildman–Crippen MR) is 46.5 cm³/mol. The van der Waals surface area contributed by atoms with E-state index in [-0.39, 0.29) is 0 Å². The Morgan fingerprint density at radius 1 is 1.54 bits per heavy atom. The molecule has 0 radical (unpaired) electrons. The Labute approximate surface area is 76.9 Å². The molecule has 13 heavy (non-hydrogen) atoms. The standard InChI is InChI=1S/C8H16F2N2O/c1-3-4-6(11)8(13)12(2)5-7(9)10/h6-7H,3-5,11H2,1-2H3/t6-/m0/s1. The maximum atomic E-state index is 11.9. The van der Waals surface area contributed by atoms with E-state index in [9.17, 15) is 13.6 Å². The summed E-state index contributed by atoms with van der Waals surface area (Å²) >= 11 is 0. The Kier molecular flexibility index (Phi) is 5.53. The number of hydrogen-bond acceptors (Lipinski definition) is 2. The Morgan fingerprint density at radius 2 is 2.08 bits per heavy atom. The molecule has 3 nitrogen and oxygen atoms in total. The van der Waals surface area contributed by atoms with Gasteiger partial charge in [0.15, 0.2) is 0 Å². The van der Waals surface area contributed by atoms with E-state index >= 15 is 0 Å². The lowest BCUT2D eigenvalue weighted by Crippen LogP contribution is -2.43. The van der Waals surface area contributed by atoms with Crippen molar-refractivity contribution in [1.82, 2.24) is 4.90 Å². The first kappa shape index (κ1) is 12.3. The number of carbonyl (C=O) groups is 1. The molecule has 0 aliphatic heterocycles. The molecule has 2 N–H and O–H groups in total. The summed E-state index contributed by atoms with van der Waals surface area (Å²) in [5.74, 6) is -0.415. The van der Waals surface area contributed by atoms with Crippen molar-refractivity contribution in [2.24, 2.45) is 5.73 Å². The molecule has 1 atom stereocenters. The summed E-state index contributed by atoms with van der Waals surface area (Å²) in [6, 6.07) is -0.645. The molecule has 0 aromatic carbocycles. The van der Waals surface area contributed by atoms with E-state index in [0.717, 1.165) is 11.3 Å². The van der Waals surface area contributed by atoms with Crippen molar-refractivity contribution in [2.75, 3.05) is 13.6 Å². The summed E-state index contributed by atoms with van der Waals surface area (Å²) < 4.78 is 23.7. The van der Waals surface area contributed by atoms with Gasteiger partial charge < -0.3 is 10.6 Å². The summed E-state index contributed by atoms with van der Waals surface area (Å²) in [4.78, 5) is 12.2. The molecule has 1 amide bonds. The third kappa shape index (κ3) is 4.77. The van der Waals surface area contributed by atoms with Gasteiger partial charge in [0.25, 0.3) is 6.43 Å². The van der Waals surface area contributed by atoms with E-state index in [1.165, 1.54) is 7.05 Å². The van der Waals surface area contributed by atoms with Crippen LogP contribution in [-0.4, -0.2) is 36.9 Å². The van der Waals surface area contributed by atoms with Crippen LogP contribution in [0.15, 0.2) is 0 Å². The lowest BCUT2D eigenvalue weighted by Gasteiger charge is -2.20. The van der Waals surface area contributed by atoms with E-state index in [1.807, 2.05) is 6.92 Å². The fraction of sp³-hybridized carbons (Fsp3) is 0.875. The van der Waals surface area contributed by atoms with Gasteiger partial charge in [0.05, 0.1) is 12.6 Å². The zero-order valence-corrected chi connectivity index (χ0v) is 7.96. The molecule has 0 aliphatic carbocycles. The average Bonchev–Trinajstić information content (AvgIpc) is 2.02. The molecule has 0 heterocycles. The Bertz CT molecular complexity index is 164. The summed E-state index contributed by atoms with van der Waals surface area (Å²) in [6.45, 7) is 1.34. The molecular formula is C8H16F2N2O. The van der Waals surface area contributed by atoms with Crippen LogP contribution in [0.4, 0.5) is 8.78 Å². The molecule has 0 saturated carbocycles. The zero-order valence-electron chi connectivity index (χ0n) is 7.96.